The normalized spacial score (nSPS) is 11.8. The molecule has 0 N–H and O–H groups in total. The summed E-state index contributed by atoms with van der Waals surface area (Å²) in [7, 11) is 0. The molecule has 0 atom stereocenters. The lowest BCUT2D eigenvalue weighted by molar-refractivity contribution is -0.137. The van der Waals surface area contributed by atoms with Crippen molar-refractivity contribution in [3.8, 4) is 6.07 Å². The van der Waals surface area contributed by atoms with Crippen molar-refractivity contribution in [1.29, 1.82) is 5.26 Å². The fourth-order valence-corrected chi connectivity index (χ4v) is 1.86. The van der Waals surface area contributed by atoms with E-state index in [-0.39, 0.29) is 11.1 Å². The van der Waals surface area contributed by atoms with Crippen LogP contribution in [0.15, 0.2) is 60.2 Å². The van der Waals surface area contributed by atoms with E-state index in [4.69, 9.17) is 5.26 Å². The molecule has 0 saturated carbocycles. The van der Waals surface area contributed by atoms with Gasteiger partial charge in [-0.1, -0.05) is 42.5 Å². The summed E-state index contributed by atoms with van der Waals surface area (Å²) in [5.41, 5.74) is -0.682. The summed E-state index contributed by atoms with van der Waals surface area (Å²) >= 11 is 0. The van der Waals surface area contributed by atoms with E-state index in [1.54, 1.807) is 36.4 Å². The van der Waals surface area contributed by atoms with Crippen LogP contribution in [-0.4, -0.2) is 5.78 Å². The Hall–Kier alpha value is -2.87. The maximum atomic E-state index is 12.7. The van der Waals surface area contributed by atoms with E-state index in [2.05, 4.69) is 0 Å². The van der Waals surface area contributed by atoms with Crippen molar-refractivity contribution in [1.82, 2.24) is 0 Å². The van der Waals surface area contributed by atoms with Crippen molar-refractivity contribution in [2.24, 2.45) is 0 Å². The average Bonchev–Trinajstić information content (AvgIpc) is 2.52. The number of hydrogen-bond donors (Lipinski definition) is 0. The molecule has 0 spiro atoms. The standard InChI is InChI=1S/C17H10F3NO/c18-17(19,20)15-8-4-7-13(10-15)16(22)14(11-21)9-12-5-2-1-3-6-12/h1-10H. The lowest BCUT2D eigenvalue weighted by Gasteiger charge is -2.07. The van der Waals surface area contributed by atoms with Crippen LogP contribution >= 0.6 is 0 Å². The fraction of sp³-hybridized carbons (Fsp3) is 0.0588. The number of nitrogens with zero attached hydrogens (tertiary/aromatic N) is 1. The zero-order chi connectivity index (χ0) is 16.2. The van der Waals surface area contributed by atoms with Crippen LogP contribution < -0.4 is 0 Å². The second-order valence-electron chi connectivity index (χ2n) is 4.49. The van der Waals surface area contributed by atoms with Crippen LogP contribution in [0, 0.1) is 11.3 Å². The third-order valence-corrected chi connectivity index (χ3v) is 2.93. The summed E-state index contributed by atoms with van der Waals surface area (Å²) in [4.78, 5) is 12.2. The molecule has 0 aliphatic heterocycles. The van der Waals surface area contributed by atoms with E-state index in [0.29, 0.717) is 5.56 Å². The summed E-state index contributed by atoms with van der Waals surface area (Å²) in [5, 5.41) is 9.09. The second-order valence-corrected chi connectivity index (χ2v) is 4.49. The second kappa shape index (κ2) is 6.27. The van der Waals surface area contributed by atoms with Crippen LogP contribution in [0.4, 0.5) is 13.2 Å². The predicted molar refractivity (Wildman–Crippen MR) is 75.8 cm³/mol. The number of rotatable bonds is 3. The molecule has 22 heavy (non-hydrogen) atoms. The van der Waals surface area contributed by atoms with E-state index in [1.165, 1.54) is 12.1 Å². The van der Waals surface area contributed by atoms with Gasteiger partial charge in [0.05, 0.1) is 5.56 Å². The minimum atomic E-state index is -4.54. The van der Waals surface area contributed by atoms with Gasteiger partial charge in [-0.2, -0.15) is 18.4 Å². The minimum absolute atomic E-state index is 0.168. The monoisotopic (exact) mass is 301 g/mol. The molecule has 5 heteroatoms. The molecule has 2 rings (SSSR count). The van der Waals surface area contributed by atoms with E-state index in [0.717, 1.165) is 18.2 Å². The molecule has 0 unspecified atom stereocenters. The molecule has 0 aliphatic rings. The summed E-state index contributed by atoms with van der Waals surface area (Å²) in [5.74, 6) is -0.738. The number of carbonyl (C=O) groups excluding carboxylic acids is 1. The third kappa shape index (κ3) is 3.61. The van der Waals surface area contributed by atoms with Gasteiger partial charge < -0.3 is 0 Å². The molecular weight excluding hydrogens is 291 g/mol. The van der Waals surface area contributed by atoms with Gasteiger partial charge in [0.2, 0.25) is 5.78 Å². The van der Waals surface area contributed by atoms with Crippen LogP contribution in [0.2, 0.25) is 0 Å². The van der Waals surface area contributed by atoms with E-state index < -0.39 is 17.5 Å². The molecule has 0 saturated heterocycles. The number of ketones is 1. The highest BCUT2D eigenvalue weighted by molar-refractivity contribution is 6.14. The van der Waals surface area contributed by atoms with Crippen molar-refractivity contribution in [3.05, 3.63) is 76.9 Å². The van der Waals surface area contributed by atoms with Gasteiger partial charge in [0.15, 0.2) is 0 Å². The fourth-order valence-electron chi connectivity index (χ4n) is 1.86. The largest absolute Gasteiger partial charge is 0.416 e. The smallest absolute Gasteiger partial charge is 0.288 e. The number of alkyl halides is 3. The summed E-state index contributed by atoms with van der Waals surface area (Å²) in [6.07, 6.45) is -3.19. The average molecular weight is 301 g/mol. The maximum Gasteiger partial charge on any atom is 0.416 e. The Morgan fingerprint density at radius 2 is 1.73 bits per heavy atom. The zero-order valence-electron chi connectivity index (χ0n) is 11.3. The van der Waals surface area contributed by atoms with E-state index >= 15 is 0 Å². The molecule has 110 valence electrons. The lowest BCUT2D eigenvalue weighted by Crippen LogP contribution is -2.08. The molecule has 0 aromatic heterocycles. The van der Waals surface area contributed by atoms with Gasteiger partial charge >= 0.3 is 6.18 Å². The molecule has 0 amide bonds. The Balaban J connectivity index is 2.38. The minimum Gasteiger partial charge on any atom is -0.288 e. The van der Waals surface area contributed by atoms with Gasteiger partial charge in [0, 0.05) is 5.56 Å². The molecule has 0 fully saturated rings. The number of halogens is 3. The Morgan fingerprint density at radius 1 is 1.05 bits per heavy atom. The van der Waals surface area contributed by atoms with Gasteiger partial charge in [0.25, 0.3) is 0 Å². The quantitative estimate of drug-likeness (QED) is 0.476. The number of allylic oxidation sites excluding steroid dienone is 1. The first-order chi connectivity index (χ1) is 10.4. The summed E-state index contributed by atoms with van der Waals surface area (Å²) in [6.45, 7) is 0. The summed E-state index contributed by atoms with van der Waals surface area (Å²) < 4.78 is 38.0. The lowest BCUT2D eigenvalue weighted by atomic mass is 10.00. The van der Waals surface area contributed by atoms with Crippen LogP contribution in [-0.2, 0) is 6.18 Å². The number of hydrogen-bond acceptors (Lipinski definition) is 2. The van der Waals surface area contributed by atoms with Crippen molar-refractivity contribution in [2.45, 2.75) is 6.18 Å². The van der Waals surface area contributed by atoms with Crippen LogP contribution in [0.5, 0.6) is 0 Å². The number of Topliss-reactive ketones (excluding diaryl/α,β-unsaturated/α-hetero) is 1. The first-order valence-electron chi connectivity index (χ1n) is 6.30. The van der Waals surface area contributed by atoms with Gasteiger partial charge in [-0.3, -0.25) is 4.79 Å². The highest BCUT2D eigenvalue weighted by atomic mass is 19.4. The van der Waals surface area contributed by atoms with Crippen molar-refractivity contribution < 1.29 is 18.0 Å². The molecule has 2 nitrogen and oxygen atoms in total. The molecular formula is C17H10F3NO. The molecule has 2 aromatic carbocycles. The highest BCUT2D eigenvalue weighted by Gasteiger charge is 2.31. The third-order valence-electron chi connectivity index (χ3n) is 2.93. The molecule has 0 aliphatic carbocycles. The molecule has 0 radical (unpaired) electrons. The van der Waals surface area contributed by atoms with Crippen LogP contribution in [0.1, 0.15) is 21.5 Å². The van der Waals surface area contributed by atoms with Crippen molar-refractivity contribution >= 4 is 11.9 Å². The maximum absolute atomic E-state index is 12.7. The van der Waals surface area contributed by atoms with Gasteiger partial charge in [-0.15, -0.1) is 0 Å². The SMILES string of the molecule is N#CC(=Cc1ccccc1)C(=O)c1cccc(C(F)(F)F)c1. The predicted octanol–water partition coefficient (Wildman–Crippen LogP) is 4.50. The molecule has 2 aromatic rings. The Kier molecular flexibility index (Phi) is 4.42. The highest BCUT2D eigenvalue weighted by Crippen LogP contribution is 2.30. The van der Waals surface area contributed by atoms with Gasteiger partial charge in [-0.05, 0) is 23.8 Å². The van der Waals surface area contributed by atoms with Crippen molar-refractivity contribution in [3.63, 3.8) is 0 Å². The first kappa shape index (κ1) is 15.5. The topological polar surface area (TPSA) is 40.9 Å². The first-order valence-corrected chi connectivity index (χ1v) is 6.30. The molecule has 0 bridgehead atoms. The van der Waals surface area contributed by atoms with E-state index in [1.807, 2.05) is 0 Å². The van der Waals surface area contributed by atoms with E-state index in [9.17, 15) is 18.0 Å². The van der Waals surface area contributed by atoms with Gasteiger partial charge in [-0.25, -0.2) is 0 Å². The summed E-state index contributed by atoms with van der Waals surface area (Å²) in [6, 6.07) is 14.4. The Morgan fingerprint density at radius 3 is 2.32 bits per heavy atom. The van der Waals surface area contributed by atoms with Crippen LogP contribution in [0.3, 0.4) is 0 Å². The number of benzene rings is 2. The van der Waals surface area contributed by atoms with Crippen molar-refractivity contribution in [2.75, 3.05) is 0 Å². The Labute approximate surface area is 125 Å². The zero-order valence-corrected chi connectivity index (χ0v) is 11.3. The Bertz CT molecular complexity index is 755. The number of nitriles is 1. The number of carbonyl (C=O) groups is 1. The van der Waals surface area contributed by atoms with Gasteiger partial charge in [0.1, 0.15) is 11.6 Å². The molecule has 0 heterocycles. The van der Waals surface area contributed by atoms with Crippen LogP contribution in [0.25, 0.3) is 6.08 Å².